The van der Waals surface area contributed by atoms with E-state index in [1.165, 1.54) is 0 Å². The van der Waals surface area contributed by atoms with Gasteiger partial charge < -0.3 is 4.57 Å². The van der Waals surface area contributed by atoms with Crippen LogP contribution in [0.4, 0.5) is 0 Å². The first-order chi connectivity index (χ1) is 4.06. The Hall–Kier alpha value is 0.190. The van der Waals surface area contributed by atoms with Crippen molar-refractivity contribution in [1.29, 1.82) is 0 Å². The van der Waals surface area contributed by atoms with Crippen LogP contribution in [0.1, 0.15) is 19.8 Å². The quantitative estimate of drug-likeness (QED) is 0.488. The van der Waals surface area contributed by atoms with Gasteiger partial charge in [-0.15, -0.1) is 0 Å². The summed E-state index contributed by atoms with van der Waals surface area (Å²) in [5.74, 6) is 0. The fraction of sp³-hybridized carbons (Fsp3) is 1.00. The number of rotatable bonds is 4. The van der Waals surface area contributed by atoms with Crippen LogP contribution < -0.4 is 5.09 Å². The molecule has 0 amide bonds. The summed E-state index contributed by atoms with van der Waals surface area (Å²) in [6.07, 6.45) is 2.28. The minimum absolute atomic E-state index is 0.890. The summed E-state index contributed by atoms with van der Waals surface area (Å²) < 4.78 is 11.0. The van der Waals surface area contributed by atoms with E-state index in [0.29, 0.717) is 0 Å². The van der Waals surface area contributed by atoms with E-state index in [-0.39, 0.29) is 0 Å². The van der Waals surface area contributed by atoms with Gasteiger partial charge in [0.15, 0.2) is 0 Å². The van der Waals surface area contributed by atoms with E-state index in [0.717, 1.165) is 19.4 Å². The molecule has 0 atom stereocenters. The van der Waals surface area contributed by atoms with Crippen LogP contribution >= 0.6 is 7.29 Å². The maximum absolute atomic E-state index is 11.0. The van der Waals surface area contributed by atoms with Gasteiger partial charge in [-0.25, -0.2) is 0 Å². The van der Waals surface area contributed by atoms with E-state index in [1.807, 2.05) is 0 Å². The second kappa shape index (κ2) is 4.08. The van der Waals surface area contributed by atoms with Crippen molar-refractivity contribution in [3.8, 4) is 0 Å². The molecule has 0 aliphatic rings. The zero-order valence-electron chi connectivity index (χ0n) is 6.48. The highest BCUT2D eigenvalue weighted by Crippen LogP contribution is 2.28. The summed E-state index contributed by atoms with van der Waals surface area (Å²) in [6, 6.07) is 0. The predicted molar refractivity (Wildman–Crippen MR) is 42.4 cm³/mol. The lowest BCUT2D eigenvalue weighted by atomic mass is 10.3. The largest absolute Gasteiger partial charge is 0.307 e. The lowest BCUT2D eigenvalue weighted by Crippen LogP contribution is -2.09. The average molecular weight is 149 g/mol. The molecule has 0 saturated heterocycles. The second-order valence-corrected chi connectivity index (χ2v) is 5.63. The molecule has 0 aromatic carbocycles. The Morgan fingerprint density at radius 2 is 2.00 bits per heavy atom. The molecule has 9 heavy (non-hydrogen) atoms. The summed E-state index contributed by atoms with van der Waals surface area (Å²) >= 11 is 0. The third kappa shape index (κ3) is 8.19. The Morgan fingerprint density at radius 1 is 1.44 bits per heavy atom. The first-order valence-electron chi connectivity index (χ1n) is 3.36. The molecule has 0 aromatic heterocycles. The molecule has 0 bridgehead atoms. The van der Waals surface area contributed by atoms with Crippen LogP contribution in [-0.4, -0.2) is 19.9 Å². The van der Waals surface area contributed by atoms with Crippen molar-refractivity contribution in [2.45, 2.75) is 19.8 Å². The van der Waals surface area contributed by atoms with E-state index in [2.05, 4.69) is 12.0 Å². The van der Waals surface area contributed by atoms with E-state index in [4.69, 9.17) is 0 Å². The van der Waals surface area contributed by atoms with Gasteiger partial charge in [0.25, 0.3) is 0 Å². The van der Waals surface area contributed by atoms with Gasteiger partial charge >= 0.3 is 0 Å². The van der Waals surface area contributed by atoms with Crippen LogP contribution in [0.2, 0.25) is 0 Å². The van der Waals surface area contributed by atoms with Crippen LogP contribution in [0.15, 0.2) is 0 Å². The summed E-state index contributed by atoms with van der Waals surface area (Å²) in [6.45, 7) is 6.52. The lowest BCUT2D eigenvalue weighted by Gasteiger charge is -2.06. The molecule has 0 unspecified atom stereocenters. The lowest BCUT2D eigenvalue weighted by molar-refractivity contribution is 0.570. The molecule has 2 nitrogen and oxygen atoms in total. The standard InChI is InChI=1S/C6H16NOP/c1-4-5-6-7-9(2,3)8/h4-6H2,1-3H3,(H,7,8). The van der Waals surface area contributed by atoms with Crippen LogP contribution in [0.3, 0.4) is 0 Å². The maximum Gasteiger partial charge on any atom is 0.141 e. The van der Waals surface area contributed by atoms with E-state index in [9.17, 15) is 4.57 Å². The zero-order chi connectivity index (χ0) is 7.33. The van der Waals surface area contributed by atoms with Crippen molar-refractivity contribution in [2.75, 3.05) is 19.9 Å². The van der Waals surface area contributed by atoms with Crippen molar-refractivity contribution in [3.63, 3.8) is 0 Å². The van der Waals surface area contributed by atoms with Gasteiger partial charge in [-0.3, -0.25) is 5.09 Å². The number of nitrogens with one attached hydrogen (secondary N) is 1. The monoisotopic (exact) mass is 149 g/mol. The average Bonchev–Trinajstić information content (AvgIpc) is 1.63. The van der Waals surface area contributed by atoms with Crippen molar-refractivity contribution in [2.24, 2.45) is 0 Å². The Kier molecular flexibility index (Phi) is 4.16. The van der Waals surface area contributed by atoms with E-state index >= 15 is 0 Å². The predicted octanol–water partition coefficient (Wildman–Crippen LogP) is 1.91. The molecule has 0 fully saturated rings. The van der Waals surface area contributed by atoms with E-state index in [1.54, 1.807) is 13.3 Å². The molecule has 0 spiro atoms. The van der Waals surface area contributed by atoms with Gasteiger partial charge in [0.1, 0.15) is 7.29 Å². The highest BCUT2D eigenvalue weighted by Gasteiger charge is 2.02. The summed E-state index contributed by atoms with van der Waals surface area (Å²) in [4.78, 5) is 0. The van der Waals surface area contributed by atoms with Gasteiger partial charge in [-0.1, -0.05) is 13.3 Å². The van der Waals surface area contributed by atoms with Crippen molar-refractivity contribution < 1.29 is 4.57 Å². The SMILES string of the molecule is CCCCNP(C)(C)=O. The molecule has 0 heterocycles. The van der Waals surface area contributed by atoms with Crippen LogP contribution in [0, 0.1) is 0 Å². The van der Waals surface area contributed by atoms with E-state index < -0.39 is 7.29 Å². The molecule has 0 aliphatic carbocycles. The smallest absolute Gasteiger partial charge is 0.141 e. The van der Waals surface area contributed by atoms with Crippen molar-refractivity contribution >= 4 is 7.29 Å². The topological polar surface area (TPSA) is 29.1 Å². The molecule has 1 N–H and O–H groups in total. The Bertz CT molecular complexity index is 108. The molecule has 0 aliphatic heterocycles. The molecule has 0 radical (unpaired) electrons. The molecule has 0 rings (SSSR count). The summed E-state index contributed by atoms with van der Waals surface area (Å²) in [5.41, 5.74) is 0. The first kappa shape index (κ1) is 9.19. The van der Waals surface area contributed by atoms with Crippen molar-refractivity contribution in [3.05, 3.63) is 0 Å². The van der Waals surface area contributed by atoms with Gasteiger partial charge in [-0.2, -0.15) is 0 Å². The third-order valence-electron chi connectivity index (χ3n) is 1.02. The highest BCUT2D eigenvalue weighted by atomic mass is 31.2. The second-order valence-electron chi connectivity index (χ2n) is 2.61. The van der Waals surface area contributed by atoms with Crippen LogP contribution in [0.5, 0.6) is 0 Å². The minimum atomic E-state index is -1.95. The molecular weight excluding hydrogens is 133 g/mol. The Balaban J connectivity index is 3.18. The highest BCUT2D eigenvalue weighted by molar-refractivity contribution is 7.60. The fourth-order valence-corrected chi connectivity index (χ4v) is 1.22. The fourth-order valence-electron chi connectivity index (χ4n) is 0.525. The van der Waals surface area contributed by atoms with Crippen molar-refractivity contribution in [1.82, 2.24) is 5.09 Å². The van der Waals surface area contributed by atoms with Gasteiger partial charge in [0, 0.05) is 19.9 Å². The van der Waals surface area contributed by atoms with Gasteiger partial charge in [0.2, 0.25) is 0 Å². The third-order valence-corrected chi connectivity index (χ3v) is 2.01. The Labute approximate surface area is 57.5 Å². The Morgan fingerprint density at radius 3 is 2.33 bits per heavy atom. The maximum atomic E-state index is 11.0. The molecule has 56 valence electrons. The minimum Gasteiger partial charge on any atom is -0.307 e. The zero-order valence-corrected chi connectivity index (χ0v) is 7.37. The molecule has 0 aromatic rings. The van der Waals surface area contributed by atoms with Crippen LogP contribution in [0.25, 0.3) is 0 Å². The number of hydrogen-bond acceptors (Lipinski definition) is 1. The normalized spacial score (nSPS) is 11.9. The molecule has 0 saturated carbocycles. The van der Waals surface area contributed by atoms with Gasteiger partial charge in [-0.05, 0) is 6.42 Å². The van der Waals surface area contributed by atoms with Gasteiger partial charge in [0.05, 0.1) is 0 Å². The first-order valence-corrected chi connectivity index (χ1v) is 5.96. The summed E-state index contributed by atoms with van der Waals surface area (Å²) in [5, 5.41) is 2.98. The number of unbranched alkanes of at least 4 members (excludes halogenated alkanes) is 1. The molecule has 3 heteroatoms. The number of hydrogen-bond donors (Lipinski definition) is 1. The van der Waals surface area contributed by atoms with Crippen LogP contribution in [-0.2, 0) is 4.57 Å². The summed E-state index contributed by atoms with van der Waals surface area (Å²) in [7, 11) is -1.95. The molecular formula is C6H16NOP.